The summed E-state index contributed by atoms with van der Waals surface area (Å²) < 4.78 is 1.85. The van der Waals surface area contributed by atoms with E-state index in [1.807, 2.05) is 22.9 Å². The number of aliphatic hydroxyl groups excluding tert-OH is 1. The molecule has 1 heterocycles. The minimum atomic E-state index is -0.854. The number of aliphatic hydroxyl groups is 1. The van der Waals surface area contributed by atoms with E-state index in [0.717, 1.165) is 5.69 Å². The van der Waals surface area contributed by atoms with Gasteiger partial charge in [0.15, 0.2) is 0 Å². The molecule has 0 aliphatic carbocycles. The van der Waals surface area contributed by atoms with E-state index in [9.17, 15) is 9.90 Å². The van der Waals surface area contributed by atoms with Crippen molar-refractivity contribution in [3.05, 3.63) is 83.4 Å². The van der Waals surface area contributed by atoms with Crippen molar-refractivity contribution in [1.29, 1.82) is 0 Å². The highest BCUT2D eigenvalue weighted by Gasteiger charge is 2.13. The van der Waals surface area contributed by atoms with Gasteiger partial charge in [0.05, 0.1) is 12.4 Å². The Labute approximate surface area is 144 Å². The number of carbonyl (C=O) groups excluding carboxylic acids is 1. The number of hydrogen-bond acceptors (Lipinski definition) is 3. The van der Waals surface area contributed by atoms with Crippen LogP contribution in [-0.2, 0) is 0 Å². The molecule has 2 aromatic carbocycles. The third-order valence-corrected chi connectivity index (χ3v) is 4.00. The zero-order valence-corrected chi connectivity index (χ0v) is 13.5. The van der Waals surface area contributed by atoms with Crippen molar-refractivity contribution in [1.82, 2.24) is 14.9 Å². The zero-order chi connectivity index (χ0) is 16.9. The van der Waals surface area contributed by atoms with E-state index in [0.29, 0.717) is 16.1 Å². The summed E-state index contributed by atoms with van der Waals surface area (Å²) in [5.41, 5.74) is 2.03. The van der Waals surface area contributed by atoms with Gasteiger partial charge >= 0.3 is 0 Å². The number of carbonyl (C=O) groups is 1. The van der Waals surface area contributed by atoms with Gasteiger partial charge in [-0.05, 0) is 30.3 Å². The van der Waals surface area contributed by atoms with E-state index in [1.165, 1.54) is 0 Å². The molecule has 0 spiro atoms. The summed E-state index contributed by atoms with van der Waals surface area (Å²) in [4.78, 5) is 16.2. The molecule has 3 aromatic rings. The van der Waals surface area contributed by atoms with Crippen LogP contribution in [-0.4, -0.2) is 27.1 Å². The number of amides is 1. The molecule has 0 saturated carbocycles. The van der Waals surface area contributed by atoms with Crippen molar-refractivity contribution < 1.29 is 9.90 Å². The van der Waals surface area contributed by atoms with E-state index in [-0.39, 0.29) is 12.5 Å². The van der Waals surface area contributed by atoms with E-state index >= 15 is 0 Å². The van der Waals surface area contributed by atoms with Gasteiger partial charge in [-0.15, -0.1) is 0 Å². The molecular formula is C18H16ClN3O2. The van der Waals surface area contributed by atoms with Crippen LogP contribution in [0.1, 0.15) is 22.0 Å². The van der Waals surface area contributed by atoms with Gasteiger partial charge in [0, 0.05) is 40.8 Å². The second-order valence-corrected chi connectivity index (χ2v) is 5.67. The Hall–Kier alpha value is -2.63. The normalized spacial score (nSPS) is 11.9. The number of aromatic nitrogens is 2. The van der Waals surface area contributed by atoms with Crippen molar-refractivity contribution in [3.8, 4) is 5.69 Å². The van der Waals surface area contributed by atoms with Gasteiger partial charge in [-0.25, -0.2) is 4.98 Å². The van der Waals surface area contributed by atoms with Crippen LogP contribution < -0.4 is 5.32 Å². The van der Waals surface area contributed by atoms with E-state index in [2.05, 4.69) is 10.3 Å². The topological polar surface area (TPSA) is 67.2 Å². The lowest BCUT2D eigenvalue weighted by molar-refractivity contribution is 0.0916. The molecule has 24 heavy (non-hydrogen) atoms. The molecule has 0 aliphatic heterocycles. The molecular weight excluding hydrogens is 326 g/mol. The molecule has 6 heteroatoms. The van der Waals surface area contributed by atoms with Crippen molar-refractivity contribution in [2.24, 2.45) is 0 Å². The van der Waals surface area contributed by atoms with Gasteiger partial charge < -0.3 is 15.0 Å². The fourth-order valence-electron chi connectivity index (χ4n) is 2.34. The first-order valence-electron chi connectivity index (χ1n) is 7.44. The van der Waals surface area contributed by atoms with Crippen molar-refractivity contribution in [2.45, 2.75) is 6.10 Å². The van der Waals surface area contributed by atoms with Gasteiger partial charge in [0.25, 0.3) is 5.91 Å². The summed E-state index contributed by atoms with van der Waals surface area (Å²) in [5.74, 6) is -0.252. The molecule has 0 fully saturated rings. The number of imidazole rings is 1. The maximum atomic E-state index is 12.2. The van der Waals surface area contributed by atoms with Crippen molar-refractivity contribution in [2.75, 3.05) is 6.54 Å². The number of hydrogen-bond donors (Lipinski definition) is 2. The average Bonchev–Trinajstić information content (AvgIpc) is 3.14. The van der Waals surface area contributed by atoms with Crippen molar-refractivity contribution in [3.63, 3.8) is 0 Å². The molecule has 122 valence electrons. The lowest BCUT2D eigenvalue weighted by atomic mass is 10.1. The van der Waals surface area contributed by atoms with Crippen LogP contribution in [0.2, 0.25) is 5.02 Å². The summed E-state index contributed by atoms with van der Waals surface area (Å²) in [6, 6.07) is 14.1. The molecule has 0 saturated heterocycles. The van der Waals surface area contributed by atoms with Gasteiger partial charge in [0.2, 0.25) is 0 Å². The number of benzene rings is 2. The van der Waals surface area contributed by atoms with Gasteiger partial charge in [-0.1, -0.05) is 29.8 Å². The maximum absolute atomic E-state index is 12.2. The first-order chi connectivity index (χ1) is 11.6. The number of nitrogens with zero attached hydrogens (tertiary/aromatic N) is 2. The van der Waals surface area contributed by atoms with Crippen LogP contribution in [0.5, 0.6) is 0 Å². The van der Waals surface area contributed by atoms with E-state index < -0.39 is 6.10 Å². The predicted molar refractivity (Wildman–Crippen MR) is 92.3 cm³/mol. The summed E-state index contributed by atoms with van der Waals surface area (Å²) >= 11 is 6.04. The minimum absolute atomic E-state index is 0.0891. The molecule has 5 nitrogen and oxygen atoms in total. The highest BCUT2D eigenvalue weighted by molar-refractivity contribution is 6.31. The molecule has 0 bridgehead atoms. The van der Waals surface area contributed by atoms with Crippen LogP contribution in [0.3, 0.4) is 0 Å². The van der Waals surface area contributed by atoms with Gasteiger partial charge in [-0.2, -0.15) is 0 Å². The first-order valence-corrected chi connectivity index (χ1v) is 7.82. The fourth-order valence-corrected chi connectivity index (χ4v) is 2.61. The van der Waals surface area contributed by atoms with Crippen LogP contribution in [0.4, 0.5) is 0 Å². The number of nitrogens with one attached hydrogen (secondary N) is 1. The van der Waals surface area contributed by atoms with E-state index in [1.54, 1.807) is 48.9 Å². The third kappa shape index (κ3) is 3.64. The summed E-state index contributed by atoms with van der Waals surface area (Å²) in [6.07, 6.45) is 4.36. The molecule has 2 N–H and O–H groups in total. The highest BCUT2D eigenvalue weighted by Crippen LogP contribution is 2.22. The molecule has 1 unspecified atom stereocenters. The second kappa shape index (κ2) is 7.29. The van der Waals surface area contributed by atoms with E-state index in [4.69, 9.17) is 11.6 Å². The standard InChI is InChI=1S/C18H16ClN3O2/c19-16-4-2-1-3-15(16)17(23)11-21-18(24)13-5-7-14(8-6-13)22-10-9-20-12-22/h1-10,12,17,23H,11H2,(H,21,24). The quantitative estimate of drug-likeness (QED) is 0.749. The number of halogens is 1. The van der Waals surface area contributed by atoms with Gasteiger partial charge in [0.1, 0.15) is 0 Å². The fraction of sp³-hybridized carbons (Fsp3) is 0.111. The molecule has 0 radical (unpaired) electrons. The van der Waals surface area contributed by atoms with Crippen LogP contribution in [0.25, 0.3) is 5.69 Å². The Morgan fingerprint density at radius 1 is 1.21 bits per heavy atom. The Morgan fingerprint density at radius 2 is 1.96 bits per heavy atom. The molecule has 1 amide bonds. The lowest BCUT2D eigenvalue weighted by Crippen LogP contribution is -2.28. The molecule has 1 aromatic heterocycles. The monoisotopic (exact) mass is 341 g/mol. The largest absolute Gasteiger partial charge is 0.387 e. The predicted octanol–water partition coefficient (Wildman–Crippen LogP) is 2.99. The Bertz CT molecular complexity index is 817. The first kappa shape index (κ1) is 16.2. The lowest BCUT2D eigenvalue weighted by Gasteiger charge is -2.14. The van der Waals surface area contributed by atoms with Crippen LogP contribution >= 0.6 is 11.6 Å². The Kier molecular flexibility index (Phi) is 4.93. The number of rotatable bonds is 5. The Balaban J connectivity index is 1.62. The van der Waals surface area contributed by atoms with Crippen molar-refractivity contribution >= 4 is 17.5 Å². The average molecular weight is 342 g/mol. The smallest absolute Gasteiger partial charge is 0.251 e. The summed E-state index contributed by atoms with van der Waals surface area (Å²) in [7, 11) is 0. The van der Waals surface area contributed by atoms with Crippen LogP contribution in [0.15, 0.2) is 67.3 Å². The second-order valence-electron chi connectivity index (χ2n) is 5.26. The third-order valence-electron chi connectivity index (χ3n) is 3.65. The summed E-state index contributed by atoms with van der Waals surface area (Å²) in [5, 5.41) is 13.3. The Morgan fingerprint density at radius 3 is 2.62 bits per heavy atom. The molecule has 1 atom stereocenters. The molecule has 3 rings (SSSR count). The maximum Gasteiger partial charge on any atom is 0.251 e. The van der Waals surface area contributed by atoms with Crippen LogP contribution in [0, 0.1) is 0 Å². The minimum Gasteiger partial charge on any atom is -0.387 e. The highest BCUT2D eigenvalue weighted by atomic mass is 35.5. The van der Waals surface area contributed by atoms with Gasteiger partial charge in [-0.3, -0.25) is 4.79 Å². The molecule has 0 aliphatic rings. The SMILES string of the molecule is O=C(NCC(O)c1ccccc1Cl)c1ccc(-n2ccnc2)cc1. The summed E-state index contributed by atoms with van der Waals surface area (Å²) in [6.45, 7) is 0.0891. The zero-order valence-electron chi connectivity index (χ0n) is 12.8.